The first-order valence-electron chi connectivity index (χ1n) is 24.0. The van der Waals surface area contributed by atoms with Crippen LogP contribution in [-0.2, 0) is 5.41 Å². The molecule has 0 saturated carbocycles. The lowest BCUT2D eigenvalue weighted by atomic mass is 9.62. The minimum Gasteiger partial charge on any atom is -0.311 e. The molecule has 5 aliphatic rings. The molecule has 4 atom stereocenters. The maximum absolute atomic E-state index is 2.55. The Morgan fingerprint density at radius 2 is 1.23 bits per heavy atom. The van der Waals surface area contributed by atoms with E-state index in [1.807, 2.05) is 0 Å². The van der Waals surface area contributed by atoms with Crippen LogP contribution in [0.4, 0.5) is 11.4 Å². The van der Waals surface area contributed by atoms with Crippen molar-refractivity contribution in [2.24, 2.45) is 5.92 Å². The van der Waals surface area contributed by atoms with Crippen molar-refractivity contribution >= 4 is 27.7 Å². The maximum atomic E-state index is 2.55. The third kappa shape index (κ3) is 6.85. The highest BCUT2D eigenvalue weighted by Gasteiger charge is 2.53. The largest absolute Gasteiger partial charge is 0.311 e. The fourth-order valence-corrected chi connectivity index (χ4v) is 11.9. The van der Waals surface area contributed by atoms with Crippen LogP contribution >= 0.6 is 0 Å². The molecule has 0 heterocycles. The summed E-state index contributed by atoms with van der Waals surface area (Å²) in [4.78, 5) is 2.55. The van der Waals surface area contributed by atoms with E-state index < -0.39 is 0 Å². The number of fused-ring (bicyclic) bond motifs is 4. The number of rotatable bonds is 9. The molecule has 12 rings (SSSR count). The molecule has 66 heavy (non-hydrogen) atoms. The second-order valence-electron chi connectivity index (χ2n) is 18.4. The van der Waals surface area contributed by atoms with Gasteiger partial charge in [0.25, 0.3) is 0 Å². The minimum absolute atomic E-state index is 0.167. The van der Waals surface area contributed by atoms with Gasteiger partial charge in [0, 0.05) is 34.8 Å². The van der Waals surface area contributed by atoms with E-state index in [1.165, 1.54) is 83.4 Å². The van der Waals surface area contributed by atoms with Gasteiger partial charge < -0.3 is 4.90 Å². The molecule has 0 saturated heterocycles. The standard InChI is InChI=1S/C65H53N/c1-6-21-46(22-7-1)56-41-38-54(44-60(56)47-23-8-2-9-24-47)66(53-33-20-28-50(43-53)58-40-37-48-25-16-17-34-57(48)64(58)49-26-10-3-11-27-49)55-39-42-63-61(45-55)59-35-18-19-36-62(59)65(63,51-29-12-4-13-30-51)52-31-14-5-15-32-52/h1,3-4,6-8,10-14,16-27,29-45,50,59,62H,2,5,9,15,28H2. The van der Waals surface area contributed by atoms with Crippen molar-refractivity contribution in [3.05, 3.63) is 282 Å². The summed E-state index contributed by atoms with van der Waals surface area (Å²) in [6.07, 6.45) is 36.4. The van der Waals surface area contributed by atoms with Crippen molar-refractivity contribution in [1.29, 1.82) is 0 Å². The van der Waals surface area contributed by atoms with Crippen LogP contribution in [0.3, 0.4) is 0 Å². The summed E-state index contributed by atoms with van der Waals surface area (Å²) < 4.78 is 0. The lowest BCUT2D eigenvalue weighted by molar-refractivity contribution is 0.453. The van der Waals surface area contributed by atoms with Gasteiger partial charge in [-0.2, -0.15) is 0 Å². The predicted molar refractivity (Wildman–Crippen MR) is 279 cm³/mol. The Balaban J connectivity index is 1.08. The summed E-state index contributed by atoms with van der Waals surface area (Å²) in [5.74, 6) is 0.647. The molecule has 0 fully saturated rings. The highest BCUT2D eigenvalue weighted by atomic mass is 15.1. The second kappa shape index (κ2) is 17.1. The normalized spacial score (nSPS) is 21.5. The van der Waals surface area contributed by atoms with Crippen LogP contribution in [0.25, 0.3) is 38.6 Å². The number of hydrogen-bond donors (Lipinski definition) is 0. The molecule has 1 heteroatoms. The molecule has 0 aliphatic heterocycles. The Morgan fingerprint density at radius 1 is 0.515 bits per heavy atom. The van der Waals surface area contributed by atoms with E-state index in [9.17, 15) is 0 Å². The number of allylic oxidation sites excluding steroid dienone is 15. The molecule has 7 aromatic carbocycles. The second-order valence-corrected chi connectivity index (χ2v) is 18.4. The zero-order chi connectivity index (χ0) is 43.9. The van der Waals surface area contributed by atoms with Crippen molar-refractivity contribution in [2.45, 2.75) is 49.4 Å². The molecule has 4 unspecified atom stereocenters. The number of hydrogen-bond acceptors (Lipinski definition) is 1. The average Bonchev–Trinajstić information content (AvgIpc) is 3.70. The summed E-state index contributed by atoms with van der Waals surface area (Å²) in [6.45, 7) is 0. The topological polar surface area (TPSA) is 3.24 Å². The molecule has 0 amide bonds. The van der Waals surface area contributed by atoms with E-state index in [0.29, 0.717) is 0 Å². The van der Waals surface area contributed by atoms with Crippen molar-refractivity contribution in [2.75, 3.05) is 4.90 Å². The lowest BCUT2D eigenvalue weighted by Crippen LogP contribution is -2.35. The molecule has 0 spiro atoms. The van der Waals surface area contributed by atoms with Crippen molar-refractivity contribution < 1.29 is 0 Å². The summed E-state index contributed by atoms with van der Waals surface area (Å²) in [6, 6.07) is 61.4. The molecule has 7 aromatic rings. The average molecular weight is 848 g/mol. The Kier molecular flexibility index (Phi) is 10.4. The van der Waals surface area contributed by atoms with Crippen LogP contribution in [0, 0.1) is 5.92 Å². The predicted octanol–water partition coefficient (Wildman–Crippen LogP) is 17.1. The first kappa shape index (κ1) is 40.1. The summed E-state index contributed by atoms with van der Waals surface area (Å²) in [7, 11) is 0. The highest BCUT2D eigenvalue weighted by Crippen LogP contribution is 2.61. The van der Waals surface area contributed by atoms with Gasteiger partial charge in [0.15, 0.2) is 0 Å². The van der Waals surface area contributed by atoms with Crippen LogP contribution in [-0.4, -0.2) is 0 Å². The van der Waals surface area contributed by atoms with E-state index in [1.54, 1.807) is 0 Å². The molecular formula is C65H53N. The molecule has 1 nitrogen and oxygen atoms in total. The van der Waals surface area contributed by atoms with Crippen LogP contribution in [0.5, 0.6) is 0 Å². The SMILES string of the molecule is C1=CC2c3cc(N(C4=CC(c5ccc6ccccc6c5-c5ccccc5)CC=C4)c4ccc(-c5ccccc5)c(C5=CCCC=C5)c4)ccc3C(C3=CCCC=C3)(c3ccccc3)C2C=C1. The molecule has 0 N–H and O–H groups in total. The molecule has 0 radical (unpaired) electrons. The van der Waals surface area contributed by atoms with E-state index in [0.717, 1.165) is 37.8 Å². The van der Waals surface area contributed by atoms with Crippen LogP contribution in [0.2, 0.25) is 0 Å². The molecule has 0 bridgehead atoms. The molecule has 5 aliphatic carbocycles. The summed E-state index contributed by atoms with van der Waals surface area (Å²) >= 11 is 0. The Morgan fingerprint density at radius 3 is 2.02 bits per heavy atom. The number of nitrogens with zero attached hydrogens (tertiary/aromatic N) is 1. The fraction of sp³-hybridized carbons (Fsp3) is 0.138. The quantitative estimate of drug-likeness (QED) is 0.140. The fourth-order valence-electron chi connectivity index (χ4n) is 11.9. The lowest BCUT2D eigenvalue weighted by Gasteiger charge is -2.40. The van der Waals surface area contributed by atoms with Gasteiger partial charge in [-0.15, -0.1) is 0 Å². The number of benzene rings is 7. The van der Waals surface area contributed by atoms with Gasteiger partial charge in [-0.3, -0.25) is 0 Å². The first-order chi connectivity index (χ1) is 32.8. The van der Waals surface area contributed by atoms with E-state index >= 15 is 0 Å². The van der Waals surface area contributed by atoms with Crippen molar-refractivity contribution in [3.8, 4) is 22.3 Å². The zero-order valence-corrected chi connectivity index (χ0v) is 37.3. The Bertz CT molecular complexity index is 3230. The van der Waals surface area contributed by atoms with E-state index in [2.05, 4.69) is 248 Å². The maximum Gasteiger partial charge on any atom is 0.0522 e. The van der Waals surface area contributed by atoms with Crippen molar-refractivity contribution in [3.63, 3.8) is 0 Å². The van der Waals surface area contributed by atoms with Crippen LogP contribution in [0.15, 0.2) is 254 Å². The van der Waals surface area contributed by atoms with Crippen LogP contribution in [0.1, 0.15) is 71.8 Å². The third-order valence-electron chi connectivity index (χ3n) is 14.8. The Hall–Kier alpha value is -7.48. The monoisotopic (exact) mass is 847 g/mol. The molecular weight excluding hydrogens is 795 g/mol. The van der Waals surface area contributed by atoms with E-state index in [4.69, 9.17) is 0 Å². The van der Waals surface area contributed by atoms with Gasteiger partial charge in [-0.25, -0.2) is 0 Å². The third-order valence-corrected chi connectivity index (χ3v) is 14.8. The van der Waals surface area contributed by atoms with Gasteiger partial charge in [0.05, 0.1) is 5.41 Å². The minimum atomic E-state index is -0.299. The van der Waals surface area contributed by atoms with Crippen LogP contribution < -0.4 is 4.90 Å². The number of anilines is 2. The summed E-state index contributed by atoms with van der Waals surface area (Å²) in [5.41, 5.74) is 17.8. The molecule has 318 valence electrons. The smallest absolute Gasteiger partial charge is 0.0522 e. The zero-order valence-electron chi connectivity index (χ0n) is 37.3. The van der Waals surface area contributed by atoms with E-state index in [-0.39, 0.29) is 23.2 Å². The highest BCUT2D eigenvalue weighted by molar-refractivity contribution is 5.99. The van der Waals surface area contributed by atoms with Gasteiger partial charge in [-0.05, 0) is 134 Å². The van der Waals surface area contributed by atoms with Crippen molar-refractivity contribution in [1.82, 2.24) is 0 Å². The molecule has 0 aromatic heterocycles. The van der Waals surface area contributed by atoms with Gasteiger partial charge >= 0.3 is 0 Å². The van der Waals surface area contributed by atoms with Gasteiger partial charge in [-0.1, -0.05) is 212 Å². The van der Waals surface area contributed by atoms with Gasteiger partial charge in [0.1, 0.15) is 0 Å². The summed E-state index contributed by atoms with van der Waals surface area (Å²) in [5, 5.41) is 2.56. The Labute approximate surface area is 390 Å². The first-order valence-corrected chi connectivity index (χ1v) is 24.0. The van der Waals surface area contributed by atoms with Gasteiger partial charge in [0.2, 0.25) is 0 Å².